The molecule has 0 spiro atoms. The summed E-state index contributed by atoms with van der Waals surface area (Å²) in [7, 11) is -4.20. The van der Waals surface area contributed by atoms with Gasteiger partial charge in [0.15, 0.2) is 0 Å². The van der Waals surface area contributed by atoms with E-state index >= 15 is 0 Å². The Balaban J connectivity index is 1.62. The van der Waals surface area contributed by atoms with Crippen molar-refractivity contribution in [3.05, 3.63) is 65.9 Å². The molecular formula is C21H19F2N3O5S. The second-order valence-electron chi connectivity index (χ2n) is 7.53. The Morgan fingerprint density at radius 2 is 1.91 bits per heavy atom. The second-order valence-corrected chi connectivity index (χ2v) is 9.11. The van der Waals surface area contributed by atoms with Crippen LogP contribution in [0, 0.1) is 11.6 Å². The highest BCUT2D eigenvalue weighted by Gasteiger charge is 2.56. The van der Waals surface area contributed by atoms with Gasteiger partial charge in [-0.3, -0.25) is 9.59 Å². The number of aromatic nitrogens is 1. The van der Waals surface area contributed by atoms with E-state index in [0.29, 0.717) is 11.8 Å². The lowest BCUT2D eigenvalue weighted by Gasteiger charge is -2.26. The van der Waals surface area contributed by atoms with Crippen molar-refractivity contribution in [3.63, 3.8) is 0 Å². The quantitative estimate of drug-likeness (QED) is 0.431. The van der Waals surface area contributed by atoms with Gasteiger partial charge in [0.1, 0.15) is 11.6 Å². The van der Waals surface area contributed by atoms with E-state index in [1.165, 1.54) is 4.90 Å². The van der Waals surface area contributed by atoms with Crippen molar-refractivity contribution in [2.45, 2.75) is 18.6 Å². The van der Waals surface area contributed by atoms with Crippen molar-refractivity contribution in [3.8, 4) is 0 Å². The van der Waals surface area contributed by atoms with Gasteiger partial charge in [-0.25, -0.2) is 13.0 Å². The lowest BCUT2D eigenvalue weighted by molar-refractivity contribution is -0.146. The van der Waals surface area contributed by atoms with Crippen molar-refractivity contribution in [1.82, 2.24) is 10.3 Å². The van der Waals surface area contributed by atoms with Gasteiger partial charge in [0.25, 0.3) is 21.9 Å². The number of amides is 2. The molecule has 1 aliphatic heterocycles. The van der Waals surface area contributed by atoms with Crippen molar-refractivity contribution < 1.29 is 31.0 Å². The fourth-order valence-electron chi connectivity index (χ4n) is 3.77. The number of carbonyl (C=O) groups excluding carboxylic acids is 2. The van der Waals surface area contributed by atoms with Gasteiger partial charge in [0, 0.05) is 48.4 Å². The monoisotopic (exact) mass is 463 g/mol. The van der Waals surface area contributed by atoms with Crippen LogP contribution in [-0.4, -0.2) is 43.6 Å². The van der Waals surface area contributed by atoms with E-state index in [1.54, 1.807) is 24.4 Å². The minimum Gasteiger partial charge on any atom is -0.361 e. The number of halogens is 2. The topological polar surface area (TPSA) is 109 Å². The average Bonchev–Trinajstić information content (AvgIpc) is 3.29. The van der Waals surface area contributed by atoms with Gasteiger partial charge in [-0.1, -0.05) is 0 Å². The zero-order chi connectivity index (χ0) is 23.1. The molecule has 2 amide bonds. The maximum Gasteiger partial charge on any atom is 0.270 e. The highest BCUT2D eigenvalue weighted by atomic mass is 32.2. The maximum atomic E-state index is 13.4. The Bertz CT molecular complexity index is 1300. The molecule has 1 aromatic heterocycles. The molecule has 32 heavy (non-hydrogen) atoms. The SMILES string of the molecule is CS(=O)(=O)O[C@@]1(C(=O)NCc2cc(F)cc(F)c2)CCN(c2ccc3[nH]ccc3c2)C1=O. The molecular weight excluding hydrogens is 444 g/mol. The van der Waals surface area contributed by atoms with Crippen LogP contribution in [0.4, 0.5) is 14.5 Å². The van der Waals surface area contributed by atoms with Crippen LogP contribution in [0.5, 0.6) is 0 Å². The predicted molar refractivity (Wildman–Crippen MR) is 112 cm³/mol. The lowest BCUT2D eigenvalue weighted by Crippen LogP contribution is -2.55. The molecule has 0 unspecified atom stereocenters. The first-order valence-electron chi connectivity index (χ1n) is 9.60. The molecule has 4 rings (SSSR count). The summed E-state index contributed by atoms with van der Waals surface area (Å²) in [5.41, 5.74) is -0.905. The summed E-state index contributed by atoms with van der Waals surface area (Å²) in [5, 5.41) is 3.20. The van der Waals surface area contributed by atoms with Crippen LogP contribution in [0.15, 0.2) is 48.7 Å². The highest BCUT2D eigenvalue weighted by molar-refractivity contribution is 7.86. The number of H-pyrrole nitrogens is 1. The van der Waals surface area contributed by atoms with Crippen LogP contribution in [-0.2, 0) is 30.4 Å². The summed E-state index contributed by atoms with van der Waals surface area (Å²) in [6, 6.07) is 9.68. The van der Waals surface area contributed by atoms with Gasteiger partial charge in [0.2, 0.25) is 5.60 Å². The van der Waals surface area contributed by atoms with Crippen molar-refractivity contribution >= 4 is 38.5 Å². The number of nitrogens with zero attached hydrogens (tertiary/aromatic N) is 1. The average molecular weight is 463 g/mol. The molecule has 0 radical (unpaired) electrons. The van der Waals surface area contributed by atoms with E-state index in [-0.39, 0.29) is 25.1 Å². The van der Waals surface area contributed by atoms with Gasteiger partial charge >= 0.3 is 0 Å². The fraction of sp³-hybridized carbons (Fsp3) is 0.238. The van der Waals surface area contributed by atoms with Crippen LogP contribution >= 0.6 is 0 Å². The molecule has 11 heteroatoms. The Morgan fingerprint density at radius 3 is 2.59 bits per heavy atom. The molecule has 168 valence electrons. The molecule has 2 aromatic carbocycles. The smallest absolute Gasteiger partial charge is 0.270 e. The number of aromatic amines is 1. The van der Waals surface area contributed by atoms with E-state index < -0.39 is 39.2 Å². The third-order valence-electron chi connectivity index (χ3n) is 5.16. The number of rotatable bonds is 6. The third-order valence-corrected chi connectivity index (χ3v) is 5.75. The summed E-state index contributed by atoms with van der Waals surface area (Å²) < 4.78 is 55.7. The molecule has 1 aliphatic rings. The van der Waals surface area contributed by atoms with Gasteiger partial charge in [-0.05, 0) is 42.0 Å². The lowest BCUT2D eigenvalue weighted by atomic mass is 10.0. The third kappa shape index (κ3) is 4.21. The van der Waals surface area contributed by atoms with Crippen molar-refractivity contribution in [2.24, 2.45) is 0 Å². The van der Waals surface area contributed by atoms with E-state index in [2.05, 4.69) is 10.3 Å². The molecule has 0 saturated carbocycles. The normalized spacial score (nSPS) is 19.0. The summed E-state index contributed by atoms with van der Waals surface area (Å²) >= 11 is 0. The Kier molecular flexibility index (Phi) is 5.47. The first-order chi connectivity index (χ1) is 15.1. The minimum absolute atomic E-state index is 0.0340. The number of hydrogen-bond acceptors (Lipinski definition) is 5. The van der Waals surface area contributed by atoms with Crippen LogP contribution < -0.4 is 10.2 Å². The van der Waals surface area contributed by atoms with E-state index in [0.717, 1.165) is 29.3 Å². The molecule has 1 atom stereocenters. The van der Waals surface area contributed by atoms with Gasteiger partial charge in [0.05, 0.1) is 6.26 Å². The van der Waals surface area contributed by atoms with E-state index in [1.807, 2.05) is 6.07 Å². The standard InChI is InChI=1S/C21H19F2N3O5S/c1-32(29,30)31-21(19(27)25-12-13-8-15(22)11-16(23)9-13)5-7-26(20(21)28)17-2-3-18-14(10-17)4-6-24-18/h2-4,6,8-11,24H,5,7,12H2,1H3,(H,25,27)/t21-/m1/s1. The van der Waals surface area contributed by atoms with Crippen molar-refractivity contribution in [2.75, 3.05) is 17.7 Å². The number of hydrogen-bond donors (Lipinski definition) is 2. The highest BCUT2D eigenvalue weighted by Crippen LogP contribution is 2.34. The largest absolute Gasteiger partial charge is 0.361 e. The zero-order valence-corrected chi connectivity index (χ0v) is 17.7. The number of anilines is 1. The molecule has 0 aliphatic carbocycles. The van der Waals surface area contributed by atoms with Crippen LogP contribution in [0.1, 0.15) is 12.0 Å². The molecule has 1 fully saturated rings. The number of benzene rings is 2. The Morgan fingerprint density at radius 1 is 1.19 bits per heavy atom. The van der Waals surface area contributed by atoms with Crippen LogP contribution in [0.25, 0.3) is 10.9 Å². The predicted octanol–water partition coefficient (Wildman–Crippen LogP) is 2.21. The van der Waals surface area contributed by atoms with Crippen molar-refractivity contribution in [1.29, 1.82) is 0 Å². The Labute approximate surface area is 182 Å². The molecule has 1 saturated heterocycles. The van der Waals surface area contributed by atoms with Gasteiger partial charge in [-0.2, -0.15) is 8.42 Å². The van der Waals surface area contributed by atoms with Gasteiger partial charge < -0.3 is 15.2 Å². The second kappa shape index (κ2) is 7.99. The Hall–Kier alpha value is -3.31. The van der Waals surface area contributed by atoms with Gasteiger partial charge in [-0.15, -0.1) is 0 Å². The maximum absolute atomic E-state index is 13.4. The first kappa shape index (κ1) is 21.9. The van der Waals surface area contributed by atoms with E-state index in [4.69, 9.17) is 4.18 Å². The summed E-state index contributed by atoms with van der Waals surface area (Å²) in [4.78, 5) is 30.6. The molecule has 8 nitrogen and oxygen atoms in total. The zero-order valence-electron chi connectivity index (χ0n) is 16.9. The van der Waals surface area contributed by atoms with E-state index in [9.17, 15) is 26.8 Å². The number of nitrogens with one attached hydrogen (secondary N) is 2. The van der Waals surface area contributed by atoms with Crippen LogP contribution in [0.3, 0.4) is 0 Å². The summed E-state index contributed by atoms with van der Waals surface area (Å²) in [5.74, 6) is -3.53. The minimum atomic E-state index is -4.20. The molecule has 2 heterocycles. The molecule has 3 aromatic rings. The van der Waals surface area contributed by atoms with Crippen LogP contribution in [0.2, 0.25) is 0 Å². The number of fused-ring (bicyclic) bond motifs is 1. The first-order valence-corrected chi connectivity index (χ1v) is 11.4. The number of carbonyl (C=O) groups is 2. The summed E-state index contributed by atoms with van der Waals surface area (Å²) in [6.07, 6.45) is 2.25. The molecule has 0 bridgehead atoms. The fourth-order valence-corrected chi connectivity index (χ4v) is 4.52. The molecule has 2 N–H and O–H groups in total. The summed E-state index contributed by atoms with van der Waals surface area (Å²) in [6.45, 7) is -0.294.